The minimum absolute atomic E-state index is 0.0610. The zero-order valence-corrected chi connectivity index (χ0v) is 15.1. The summed E-state index contributed by atoms with van der Waals surface area (Å²) >= 11 is 0. The molecule has 2 rings (SSSR count). The number of hydrogen-bond donors (Lipinski definition) is 1. The van der Waals surface area contributed by atoms with Crippen LogP contribution in [0.3, 0.4) is 0 Å². The summed E-state index contributed by atoms with van der Waals surface area (Å²) < 4.78 is 39.3. The molecule has 0 radical (unpaired) electrons. The molecule has 1 fully saturated rings. The van der Waals surface area contributed by atoms with Gasteiger partial charge < -0.3 is 14.0 Å². The van der Waals surface area contributed by atoms with Crippen LogP contribution in [0.5, 0.6) is 0 Å². The molecule has 24 heavy (non-hydrogen) atoms. The summed E-state index contributed by atoms with van der Waals surface area (Å²) in [5, 5.41) is 0. The summed E-state index contributed by atoms with van der Waals surface area (Å²) in [5.41, 5.74) is 0.194. The van der Waals surface area contributed by atoms with Crippen LogP contribution in [0.25, 0.3) is 0 Å². The molecule has 1 N–H and O–H groups in total. The molecule has 1 aromatic rings. The van der Waals surface area contributed by atoms with E-state index in [1.54, 1.807) is 7.05 Å². The first-order valence-electron chi connectivity index (χ1n) is 7.94. The lowest BCUT2D eigenvalue weighted by Crippen LogP contribution is -2.46. The zero-order chi connectivity index (χ0) is 17.7. The van der Waals surface area contributed by atoms with Crippen LogP contribution in [-0.2, 0) is 26.5 Å². The number of nitrogens with zero attached hydrogens (tertiary/aromatic N) is 2. The fourth-order valence-corrected chi connectivity index (χ4v) is 4.00. The maximum absolute atomic E-state index is 12.6. The van der Waals surface area contributed by atoms with Crippen LogP contribution in [0.2, 0.25) is 0 Å². The quantitative estimate of drug-likeness (QED) is 0.700. The van der Waals surface area contributed by atoms with Crippen LogP contribution in [0.4, 0.5) is 0 Å². The molecule has 2 heterocycles. The molecule has 0 aliphatic carbocycles. The van der Waals surface area contributed by atoms with Gasteiger partial charge in [0.1, 0.15) is 10.6 Å². The van der Waals surface area contributed by atoms with E-state index in [-0.39, 0.29) is 16.6 Å². The predicted octanol–water partition coefficient (Wildman–Crippen LogP) is 0.201. The molecule has 1 saturated heterocycles. The Hall–Kier alpha value is -1.42. The highest BCUT2D eigenvalue weighted by Gasteiger charge is 2.25. The van der Waals surface area contributed by atoms with Crippen molar-refractivity contribution < 1.29 is 22.7 Å². The van der Waals surface area contributed by atoms with E-state index in [1.165, 1.54) is 23.9 Å². The smallest absolute Gasteiger partial charge is 0.354 e. The summed E-state index contributed by atoms with van der Waals surface area (Å²) in [6, 6.07) is 1.13. The number of morpholine rings is 1. The van der Waals surface area contributed by atoms with Gasteiger partial charge in [0, 0.05) is 38.9 Å². The first-order chi connectivity index (χ1) is 11.4. The van der Waals surface area contributed by atoms with Gasteiger partial charge in [-0.15, -0.1) is 0 Å². The van der Waals surface area contributed by atoms with Crippen molar-refractivity contribution in [1.29, 1.82) is 0 Å². The van der Waals surface area contributed by atoms with Gasteiger partial charge in [0.05, 0.1) is 20.3 Å². The number of esters is 1. The summed E-state index contributed by atoms with van der Waals surface area (Å²) in [6.07, 6.45) is 2.09. The standard InChI is InChI=1S/C15H25N3O5S/c1-4-12(10-18-5-7-23-8-6-18)16-24(20,21)13-9-14(15(19)22-3)17(2)11-13/h9,11-12,16H,4-8,10H2,1-3H3/t12-/m1/s1. The summed E-state index contributed by atoms with van der Waals surface area (Å²) in [5.74, 6) is -0.570. The molecular weight excluding hydrogens is 334 g/mol. The molecule has 0 spiro atoms. The van der Waals surface area contributed by atoms with Gasteiger partial charge in [-0.25, -0.2) is 17.9 Å². The second-order valence-corrected chi connectivity index (χ2v) is 7.52. The summed E-state index contributed by atoms with van der Waals surface area (Å²) in [6.45, 7) is 5.52. The van der Waals surface area contributed by atoms with E-state index in [4.69, 9.17) is 4.74 Å². The number of ether oxygens (including phenoxy) is 2. The number of carbonyl (C=O) groups is 1. The second-order valence-electron chi connectivity index (χ2n) is 5.80. The Balaban J connectivity index is 2.09. The Kier molecular flexibility index (Phi) is 6.39. The number of carbonyl (C=O) groups excluding carboxylic acids is 1. The Morgan fingerprint density at radius 3 is 2.67 bits per heavy atom. The largest absolute Gasteiger partial charge is 0.464 e. The first kappa shape index (κ1) is 18.9. The second kappa shape index (κ2) is 8.11. The van der Waals surface area contributed by atoms with E-state index in [0.717, 1.165) is 13.1 Å². The van der Waals surface area contributed by atoms with Crippen molar-refractivity contribution in [2.24, 2.45) is 7.05 Å². The molecule has 9 heteroatoms. The Bertz CT molecular complexity index is 665. The lowest BCUT2D eigenvalue weighted by Gasteiger charge is -2.30. The zero-order valence-electron chi connectivity index (χ0n) is 14.3. The number of hydrogen-bond acceptors (Lipinski definition) is 6. The van der Waals surface area contributed by atoms with Crippen LogP contribution in [-0.4, -0.2) is 69.9 Å². The van der Waals surface area contributed by atoms with Gasteiger partial charge in [-0.1, -0.05) is 6.92 Å². The number of nitrogens with one attached hydrogen (secondary N) is 1. The first-order valence-corrected chi connectivity index (χ1v) is 9.42. The SMILES string of the molecule is CC[C@H](CN1CCOCC1)NS(=O)(=O)c1cc(C(=O)OC)n(C)c1. The number of aryl methyl sites for hydroxylation is 1. The van der Waals surface area contributed by atoms with Crippen molar-refractivity contribution in [3.05, 3.63) is 18.0 Å². The summed E-state index contributed by atoms with van der Waals surface area (Å²) in [4.78, 5) is 13.9. The van der Waals surface area contributed by atoms with Crippen molar-refractivity contribution in [3.8, 4) is 0 Å². The van der Waals surface area contributed by atoms with E-state index < -0.39 is 16.0 Å². The van der Waals surface area contributed by atoms with E-state index in [9.17, 15) is 13.2 Å². The number of methoxy groups -OCH3 is 1. The van der Waals surface area contributed by atoms with Crippen molar-refractivity contribution >= 4 is 16.0 Å². The van der Waals surface area contributed by atoms with Crippen molar-refractivity contribution in [2.45, 2.75) is 24.3 Å². The Morgan fingerprint density at radius 2 is 2.08 bits per heavy atom. The van der Waals surface area contributed by atoms with Crippen LogP contribution in [0.1, 0.15) is 23.8 Å². The molecule has 0 unspecified atom stereocenters. The minimum Gasteiger partial charge on any atom is -0.464 e. The average molecular weight is 359 g/mol. The molecule has 8 nitrogen and oxygen atoms in total. The normalized spacial score (nSPS) is 17.6. The van der Waals surface area contributed by atoms with E-state index in [1.807, 2.05) is 6.92 Å². The Morgan fingerprint density at radius 1 is 1.42 bits per heavy atom. The van der Waals surface area contributed by atoms with Crippen LogP contribution in [0, 0.1) is 0 Å². The van der Waals surface area contributed by atoms with E-state index in [0.29, 0.717) is 26.2 Å². The van der Waals surface area contributed by atoms with Crippen LogP contribution >= 0.6 is 0 Å². The van der Waals surface area contributed by atoms with Gasteiger partial charge >= 0.3 is 5.97 Å². The number of rotatable bonds is 7. The molecule has 1 aliphatic rings. The Labute approximate surface area is 142 Å². The van der Waals surface area contributed by atoms with Gasteiger partial charge in [-0.2, -0.15) is 0 Å². The van der Waals surface area contributed by atoms with E-state index in [2.05, 4.69) is 14.4 Å². The highest BCUT2D eigenvalue weighted by molar-refractivity contribution is 7.89. The van der Waals surface area contributed by atoms with Gasteiger partial charge in [0.2, 0.25) is 10.0 Å². The van der Waals surface area contributed by atoms with Crippen molar-refractivity contribution in [1.82, 2.24) is 14.2 Å². The molecule has 0 bridgehead atoms. The van der Waals surface area contributed by atoms with Crippen molar-refractivity contribution in [3.63, 3.8) is 0 Å². The predicted molar refractivity (Wildman–Crippen MR) is 88.4 cm³/mol. The molecule has 1 aromatic heterocycles. The lowest BCUT2D eigenvalue weighted by molar-refractivity contribution is 0.0344. The molecule has 0 saturated carbocycles. The van der Waals surface area contributed by atoms with Gasteiger partial charge in [0.15, 0.2) is 0 Å². The van der Waals surface area contributed by atoms with Crippen LogP contribution < -0.4 is 4.72 Å². The summed E-state index contributed by atoms with van der Waals surface area (Å²) in [7, 11) is -0.834. The number of sulfonamides is 1. The fourth-order valence-electron chi connectivity index (χ4n) is 2.62. The van der Waals surface area contributed by atoms with Gasteiger partial charge in [-0.3, -0.25) is 4.90 Å². The maximum Gasteiger partial charge on any atom is 0.354 e. The highest BCUT2D eigenvalue weighted by atomic mass is 32.2. The molecule has 0 amide bonds. The third kappa shape index (κ3) is 4.56. The minimum atomic E-state index is -3.70. The van der Waals surface area contributed by atoms with Gasteiger partial charge in [-0.05, 0) is 12.5 Å². The third-order valence-corrected chi connectivity index (χ3v) is 5.57. The monoisotopic (exact) mass is 359 g/mol. The topological polar surface area (TPSA) is 89.9 Å². The average Bonchev–Trinajstić information content (AvgIpc) is 2.97. The van der Waals surface area contributed by atoms with Gasteiger partial charge in [0.25, 0.3) is 0 Å². The molecule has 136 valence electrons. The van der Waals surface area contributed by atoms with E-state index >= 15 is 0 Å². The number of aromatic nitrogens is 1. The third-order valence-electron chi connectivity index (χ3n) is 4.08. The molecular formula is C15H25N3O5S. The molecule has 0 aromatic carbocycles. The molecule has 1 aliphatic heterocycles. The maximum atomic E-state index is 12.6. The fraction of sp³-hybridized carbons (Fsp3) is 0.667. The highest BCUT2D eigenvalue weighted by Crippen LogP contribution is 2.15. The lowest BCUT2D eigenvalue weighted by atomic mass is 10.2. The van der Waals surface area contributed by atoms with Crippen LogP contribution in [0.15, 0.2) is 17.2 Å². The van der Waals surface area contributed by atoms with Crippen molar-refractivity contribution in [2.75, 3.05) is 40.0 Å². The molecule has 1 atom stereocenters.